The molecule has 4 rings (SSSR count). The van der Waals surface area contributed by atoms with Gasteiger partial charge >= 0.3 is 11.6 Å². The van der Waals surface area contributed by atoms with Gasteiger partial charge in [-0.05, 0) is 24.3 Å². The number of fused-ring (bicyclic) bond motifs is 2. The Hall–Kier alpha value is -3.94. The number of hydrogen-bond donors (Lipinski definition) is 0. The van der Waals surface area contributed by atoms with Crippen LogP contribution in [0.1, 0.15) is 5.56 Å². The van der Waals surface area contributed by atoms with E-state index in [1.165, 1.54) is 24.1 Å². The van der Waals surface area contributed by atoms with Crippen molar-refractivity contribution in [2.75, 3.05) is 7.11 Å². The van der Waals surface area contributed by atoms with E-state index >= 15 is 0 Å². The molecule has 0 aliphatic rings. The molecular weight excluding hydrogens is 376 g/mol. The highest BCUT2D eigenvalue weighted by Crippen LogP contribution is 2.23. The molecule has 146 valence electrons. The fourth-order valence-electron chi connectivity index (χ4n) is 3.02. The van der Waals surface area contributed by atoms with Gasteiger partial charge in [-0.1, -0.05) is 12.1 Å². The maximum atomic E-state index is 12.5. The monoisotopic (exact) mass is 392 g/mol. The zero-order chi connectivity index (χ0) is 20.4. The van der Waals surface area contributed by atoms with E-state index in [0.717, 1.165) is 0 Å². The summed E-state index contributed by atoms with van der Waals surface area (Å²) in [5.41, 5.74) is 0.492. The Bertz CT molecular complexity index is 1340. The fraction of sp³-hybridized carbons (Fsp3) is 0.143. The first kappa shape index (κ1) is 18.4. The van der Waals surface area contributed by atoms with Crippen LogP contribution in [0.5, 0.6) is 5.75 Å². The third-order valence-electron chi connectivity index (χ3n) is 4.46. The van der Waals surface area contributed by atoms with Crippen molar-refractivity contribution in [2.45, 2.75) is 13.2 Å². The molecule has 0 fully saturated rings. The van der Waals surface area contributed by atoms with Gasteiger partial charge in [0.1, 0.15) is 24.5 Å². The van der Waals surface area contributed by atoms with Crippen LogP contribution in [-0.2, 0) is 22.7 Å². The van der Waals surface area contributed by atoms with Crippen molar-refractivity contribution in [2.24, 2.45) is 0 Å². The normalized spacial score (nSPS) is 10.9. The molecule has 8 heteroatoms. The Balaban J connectivity index is 1.54. The van der Waals surface area contributed by atoms with Gasteiger partial charge in [0.25, 0.3) is 5.56 Å². The summed E-state index contributed by atoms with van der Waals surface area (Å²) < 4.78 is 16.8. The number of esters is 1. The molecule has 8 nitrogen and oxygen atoms in total. The van der Waals surface area contributed by atoms with Gasteiger partial charge in [-0.25, -0.2) is 9.78 Å². The van der Waals surface area contributed by atoms with Crippen molar-refractivity contribution < 1.29 is 18.7 Å². The highest BCUT2D eigenvalue weighted by Gasteiger charge is 2.12. The lowest BCUT2D eigenvalue weighted by Gasteiger charge is -2.09. The summed E-state index contributed by atoms with van der Waals surface area (Å²) in [5, 5.41) is 1.05. The van der Waals surface area contributed by atoms with E-state index in [1.807, 2.05) is 0 Å². The molecule has 29 heavy (non-hydrogen) atoms. The largest absolute Gasteiger partial charge is 0.497 e. The molecule has 0 N–H and O–H groups in total. The molecule has 0 atom stereocenters. The number of carbonyl (C=O) groups is 1. The number of para-hydroxylation sites is 1. The molecule has 0 bridgehead atoms. The maximum absolute atomic E-state index is 12.5. The number of hydrogen-bond acceptors (Lipinski definition) is 7. The second-order valence-electron chi connectivity index (χ2n) is 6.31. The Morgan fingerprint density at radius 1 is 1.10 bits per heavy atom. The zero-order valence-corrected chi connectivity index (χ0v) is 15.5. The van der Waals surface area contributed by atoms with Gasteiger partial charge < -0.3 is 13.9 Å². The van der Waals surface area contributed by atoms with Crippen LogP contribution in [0, 0.1) is 0 Å². The minimum Gasteiger partial charge on any atom is -0.497 e. The SMILES string of the molecule is COc1ccc2c(COC(=O)Cn3cnc4ccccc4c3=O)cc(=O)oc2c1. The first-order valence-corrected chi connectivity index (χ1v) is 8.76. The predicted octanol–water partition coefficient (Wildman–Crippen LogP) is 2.25. The number of benzene rings is 2. The highest BCUT2D eigenvalue weighted by molar-refractivity contribution is 5.82. The average molecular weight is 392 g/mol. The molecule has 4 aromatic rings. The Morgan fingerprint density at radius 2 is 1.93 bits per heavy atom. The average Bonchev–Trinajstić information content (AvgIpc) is 2.73. The number of aromatic nitrogens is 2. The molecule has 0 aliphatic heterocycles. The van der Waals surface area contributed by atoms with E-state index in [9.17, 15) is 14.4 Å². The van der Waals surface area contributed by atoms with Crippen molar-refractivity contribution in [3.8, 4) is 5.75 Å². The van der Waals surface area contributed by atoms with E-state index < -0.39 is 11.6 Å². The van der Waals surface area contributed by atoms with E-state index in [0.29, 0.717) is 33.2 Å². The van der Waals surface area contributed by atoms with Crippen LogP contribution in [0.15, 0.2) is 68.9 Å². The minimum atomic E-state index is -0.626. The van der Waals surface area contributed by atoms with Crippen LogP contribution in [0.2, 0.25) is 0 Å². The summed E-state index contributed by atoms with van der Waals surface area (Å²) in [6.07, 6.45) is 1.31. The molecule has 0 spiro atoms. The van der Waals surface area contributed by atoms with E-state index in [2.05, 4.69) is 4.98 Å². The van der Waals surface area contributed by atoms with Crippen LogP contribution in [0.25, 0.3) is 21.9 Å². The molecule has 2 aromatic heterocycles. The number of rotatable bonds is 5. The quantitative estimate of drug-likeness (QED) is 0.379. The van der Waals surface area contributed by atoms with Crippen LogP contribution >= 0.6 is 0 Å². The first-order chi connectivity index (χ1) is 14.0. The predicted molar refractivity (Wildman–Crippen MR) is 105 cm³/mol. The van der Waals surface area contributed by atoms with Crippen molar-refractivity contribution in [3.05, 3.63) is 81.2 Å². The van der Waals surface area contributed by atoms with Crippen molar-refractivity contribution in [1.29, 1.82) is 0 Å². The molecule has 0 aliphatic carbocycles. The number of carbonyl (C=O) groups excluding carboxylic acids is 1. The first-order valence-electron chi connectivity index (χ1n) is 8.76. The lowest BCUT2D eigenvalue weighted by Crippen LogP contribution is -2.25. The molecule has 0 amide bonds. The molecule has 0 unspecified atom stereocenters. The van der Waals surface area contributed by atoms with Crippen LogP contribution < -0.4 is 15.9 Å². The minimum absolute atomic E-state index is 0.136. The van der Waals surface area contributed by atoms with Gasteiger partial charge in [-0.2, -0.15) is 0 Å². The summed E-state index contributed by atoms with van der Waals surface area (Å²) in [6, 6.07) is 13.2. The summed E-state index contributed by atoms with van der Waals surface area (Å²) >= 11 is 0. The zero-order valence-electron chi connectivity index (χ0n) is 15.5. The van der Waals surface area contributed by atoms with Crippen molar-refractivity contribution in [1.82, 2.24) is 9.55 Å². The third kappa shape index (κ3) is 3.73. The number of ether oxygens (including phenoxy) is 2. The van der Waals surface area contributed by atoms with Gasteiger partial charge in [0, 0.05) is 23.1 Å². The van der Waals surface area contributed by atoms with E-state index in [1.54, 1.807) is 42.5 Å². The second-order valence-corrected chi connectivity index (χ2v) is 6.31. The maximum Gasteiger partial charge on any atom is 0.336 e. The summed E-state index contributed by atoms with van der Waals surface area (Å²) in [4.78, 5) is 40.7. The topological polar surface area (TPSA) is 101 Å². The van der Waals surface area contributed by atoms with Gasteiger partial charge in [0.15, 0.2) is 0 Å². The smallest absolute Gasteiger partial charge is 0.336 e. The number of methoxy groups -OCH3 is 1. The molecule has 0 saturated heterocycles. The van der Waals surface area contributed by atoms with Gasteiger partial charge in [0.05, 0.1) is 24.3 Å². The summed E-state index contributed by atoms with van der Waals surface area (Å²) in [7, 11) is 1.51. The van der Waals surface area contributed by atoms with Crippen LogP contribution in [0.4, 0.5) is 0 Å². The molecule has 2 aromatic carbocycles. The van der Waals surface area contributed by atoms with Gasteiger partial charge in [0.2, 0.25) is 0 Å². The van der Waals surface area contributed by atoms with Crippen LogP contribution in [-0.4, -0.2) is 22.6 Å². The van der Waals surface area contributed by atoms with E-state index in [4.69, 9.17) is 13.9 Å². The molecule has 0 radical (unpaired) electrons. The Labute approximate surface area is 163 Å². The van der Waals surface area contributed by atoms with Gasteiger partial charge in [-0.3, -0.25) is 14.2 Å². The summed E-state index contributed by atoms with van der Waals surface area (Å²) in [6.45, 7) is -0.424. The Kier molecular flexibility index (Phi) is 4.82. The van der Waals surface area contributed by atoms with Crippen LogP contribution in [0.3, 0.4) is 0 Å². The van der Waals surface area contributed by atoms with Crippen molar-refractivity contribution >= 4 is 27.8 Å². The van der Waals surface area contributed by atoms with Crippen molar-refractivity contribution in [3.63, 3.8) is 0 Å². The highest BCUT2D eigenvalue weighted by atomic mass is 16.5. The number of nitrogens with zero attached hydrogens (tertiary/aromatic N) is 2. The van der Waals surface area contributed by atoms with E-state index in [-0.39, 0.29) is 18.7 Å². The van der Waals surface area contributed by atoms with Gasteiger partial charge in [-0.15, -0.1) is 0 Å². The lowest BCUT2D eigenvalue weighted by molar-refractivity contribution is -0.145. The molecule has 0 saturated carbocycles. The fourth-order valence-corrected chi connectivity index (χ4v) is 3.02. The summed E-state index contributed by atoms with van der Waals surface area (Å²) in [5.74, 6) is -0.0861. The molecule has 2 heterocycles. The Morgan fingerprint density at radius 3 is 2.76 bits per heavy atom. The standard InChI is InChI=1S/C21H16N2O6/c1-27-14-6-7-15-13(8-19(24)29-18(15)9-14)11-28-20(25)10-23-12-22-17-5-3-2-4-16(17)21(23)26/h2-9,12H,10-11H2,1H3. The lowest BCUT2D eigenvalue weighted by atomic mass is 10.1. The third-order valence-corrected chi connectivity index (χ3v) is 4.46. The second kappa shape index (κ2) is 7.59. The molecular formula is C21H16N2O6.